The van der Waals surface area contributed by atoms with E-state index in [9.17, 15) is 9.59 Å². The van der Waals surface area contributed by atoms with Gasteiger partial charge in [0.05, 0.1) is 12.7 Å². The van der Waals surface area contributed by atoms with E-state index in [0.717, 1.165) is 11.3 Å². The van der Waals surface area contributed by atoms with Crippen molar-refractivity contribution in [3.05, 3.63) is 29.3 Å². The number of rotatable bonds is 1. The standard InChI is InChI=1S/C15H18N2O3/c1-10-9-17(6-7-20-10)15(19)12-2-4-13-11(8-12)3-5-14(18)16-13/h2,4,8,10H,3,5-7,9H2,1H3,(H,16,18)/t10-/m0/s1. The van der Waals surface area contributed by atoms with Gasteiger partial charge < -0.3 is 15.0 Å². The maximum Gasteiger partial charge on any atom is 0.254 e. The van der Waals surface area contributed by atoms with Gasteiger partial charge in [0.25, 0.3) is 5.91 Å². The van der Waals surface area contributed by atoms with Crippen LogP contribution < -0.4 is 5.32 Å². The molecule has 5 nitrogen and oxygen atoms in total. The highest BCUT2D eigenvalue weighted by atomic mass is 16.5. The van der Waals surface area contributed by atoms with E-state index < -0.39 is 0 Å². The summed E-state index contributed by atoms with van der Waals surface area (Å²) >= 11 is 0. The molecule has 1 aromatic rings. The van der Waals surface area contributed by atoms with Crippen molar-refractivity contribution in [2.45, 2.75) is 25.9 Å². The Morgan fingerprint density at radius 2 is 2.25 bits per heavy atom. The van der Waals surface area contributed by atoms with E-state index in [-0.39, 0.29) is 17.9 Å². The molecule has 2 aliphatic heterocycles. The first-order valence-corrected chi connectivity index (χ1v) is 6.97. The Hall–Kier alpha value is -1.88. The van der Waals surface area contributed by atoms with Crippen molar-refractivity contribution in [3.63, 3.8) is 0 Å². The Morgan fingerprint density at radius 1 is 1.40 bits per heavy atom. The highest BCUT2D eigenvalue weighted by Gasteiger charge is 2.23. The fraction of sp³-hybridized carbons (Fsp3) is 0.467. The molecule has 0 aromatic heterocycles. The second-order valence-electron chi connectivity index (χ2n) is 5.35. The minimum absolute atomic E-state index is 0.0404. The number of amides is 2. The molecule has 1 atom stereocenters. The largest absolute Gasteiger partial charge is 0.375 e. The molecule has 20 heavy (non-hydrogen) atoms. The first kappa shape index (κ1) is 13.1. The third kappa shape index (κ3) is 2.54. The molecule has 5 heteroatoms. The van der Waals surface area contributed by atoms with Gasteiger partial charge in [-0.25, -0.2) is 0 Å². The molecule has 0 aliphatic carbocycles. The van der Waals surface area contributed by atoms with E-state index in [2.05, 4.69) is 5.32 Å². The molecule has 2 aliphatic rings. The van der Waals surface area contributed by atoms with Crippen LogP contribution in [0.4, 0.5) is 5.69 Å². The molecular formula is C15H18N2O3. The highest BCUT2D eigenvalue weighted by molar-refractivity contribution is 5.98. The summed E-state index contributed by atoms with van der Waals surface area (Å²) in [6, 6.07) is 5.51. The van der Waals surface area contributed by atoms with Crippen molar-refractivity contribution in [2.75, 3.05) is 25.0 Å². The number of benzene rings is 1. The molecule has 2 heterocycles. The van der Waals surface area contributed by atoms with E-state index in [1.165, 1.54) is 0 Å². The maximum atomic E-state index is 12.5. The summed E-state index contributed by atoms with van der Waals surface area (Å²) in [5, 5.41) is 2.83. The summed E-state index contributed by atoms with van der Waals surface area (Å²) < 4.78 is 5.46. The van der Waals surface area contributed by atoms with E-state index in [0.29, 0.717) is 38.1 Å². The fourth-order valence-electron chi connectivity index (χ4n) is 2.70. The average Bonchev–Trinajstić information content (AvgIpc) is 2.46. The molecule has 106 valence electrons. The molecule has 0 bridgehead atoms. The minimum Gasteiger partial charge on any atom is -0.375 e. The summed E-state index contributed by atoms with van der Waals surface area (Å²) in [4.78, 5) is 25.6. The maximum absolute atomic E-state index is 12.5. The highest BCUT2D eigenvalue weighted by Crippen LogP contribution is 2.24. The van der Waals surface area contributed by atoms with Crippen LogP contribution in [0, 0.1) is 0 Å². The van der Waals surface area contributed by atoms with Crippen molar-refractivity contribution in [2.24, 2.45) is 0 Å². The predicted molar refractivity (Wildman–Crippen MR) is 74.7 cm³/mol. The monoisotopic (exact) mass is 274 g/mol. The number of carbonyl (C=O) groups excluding carboxylic acids is 2. The van der Waals surface area contributed by atoms with Crippen LogP contribution in [0.25, 0.3) is 0 Å². The van der Waals surface area contributed by atoms with Crippen molar-refractivity contribution in [3.8, 4) is 0 Å². The van der Waals surface area contributed by atoms with E-state index in [1.54, 1.807) is 6.07 Å². The second-order valence-corrected chi connectivity index (χ2v) is 5.35. The molecule has 0 spiro atoms. The number of aryl methyl sites for hydroxylation is 1. The fourth-order valence-corrected chi connectivity index (χ4v) is 2.70. The lowest BCUT2D eigenvalue weighted by Crippen LogP contribution is -2.44. The lowest BCUT2D eigenvalue weighted by atomic mass is 10.00. The Labute approximate surface area is 117 Å². The molecule has 1 saturated heterocycles. The first-order chi connectivity index (χ1) is 9.63. The third-order valence-corrected chi connectivity index (χ3v) is 3.78. The summed E-state index contributed by atoms with van der Waals surface area (Å²) in [7, 11) is 0. The Balaban J connectivity index is 1.80. The van der Waals surface area contributed by atoms with Crippen molar-refractivity contribution in [1.29, 1.82) is 0 Å². The van der Waals surface area contributed by atoms with Crippen LogP contribution in [0.3, 0.4) is 0 Å². The minimum atomic E-state index is 0.0404. The first-order valence-electron chi connectivity index (χ1n) is 6.97. The summed E-state index contributed by atoms with van der Waals surface area (Å²) in [5.74, 6) is 0.0819. The van der Waals surface area contributed by atoms with Crippen molar-refractivity contribution >= 4 is 17.5 Å². The summed E-state index contributed by atoms with van der Waals surface area (Å²) in [6.07, 6.45) is 1.27. The number of morpholine rings is 1. The second kappa shape index (κ2) is 5.25. The predicted octanol–water partition coefficient (Wildman–Crippen LogP) is 1.43. The van der Waals surface area contributed by atoms with Crippen LogP contribution >= 0.6 is 0 Å². The van der Waals surface area contributed by atoms with Gasteiger partial charge in [0, 0.05) is 30.8 Å². The van der Waals surface area contributed by atoms with E-state index >= 15 is 0 Å². The number of hydrogen-bond acceptors (Lipinski definition) is 3. The number of nitrogens with one attached hydrogen (secondary N) is 1. The van der Waals surface area contributed by atoms with Crippen LogP contribution in [0.2, 0.25) is 0 Å². The normalized spacial score (nSPS) is 22.1. The summed E-state index contributed by atoms with van der Waals surface area (Å²) in [6.45, 7) is 3.83. The molecule has 0 saturated carbocycles. The Morgan fingerprint density at radius 3 is 3.05 bits per heavy atom. The van der Waals surface area contributed by atoms with Crippen molar-refractivity contribution in [1.82, 2.24) is 4.90 Å². The van der Waals surface area contributed by atoms with Crippen LogP contribution in [0.1, 0.15) is 29.3 Å². The van der Waals surface area contributed by atoms with Gasteiger partial charge in [0.1, 0.15) is 0 Å². The van der Waals surface area contributed by atoms with Crippen LogP contribution in [-0.4, -0.2) is 42.5 Å². The zero-order valence-corrected chi connectivity index (χ0v) is 11.5. The van der Waals surface area contributed by atoms with Gasteiger partial charge in [0.15, 0.2) is 0 Å². The number of fused-ring (bicyclic) bond motifs is 1. The molecule has 1 N–H and O–H groups in total. The van der Waals surface area contributed by atoms with E-state index in [1.807, 2.05) is 24.0 Å². The molecule has 1 aromatic carbocycles. The molecule has 3 rings (SSSR count). The van der Waals surface area contributed by atoms with Gasteiger partial charge in [-0.3, -0.25) is 9.59 Å². The van der Waals surface area contributed by atoms with Gasteiger partial charge in [-0.1, -0.05) is 0 Å². The van der Waals surface area contributed by atoms with Gasteiger partial charge in [-0.2, -0.15) is 0 Å². The zero-order valence-electron chi connectivity index (χ0n) is 11.5. The van der Waals surface area contributed by atoms with Crippen LogP contribution in [0.5, 0.6) is 0 Å². The molecule has 0 radical (unpaired) electrons. The Bertz CT molecular complexity index is 556. The molecule has 1 fully saturated rings. The molecular weight excluding hydrogens is 256 g/mol. The number of ether oxygens (including phenoxy) is 1. The molecule has 2 amide bonds. The molecule has 0 unspecified atom stereocenters. The number of nitrogens with zero attached hydrogens (tertiary/aromatic N) is 1. The SMILES string of the molecule is C[C@H]1CN(C(=O)c2ccc3c(c2)CCC(=O)N3)CCO1. The van der Waals surface area contributed by atoms with Gasteiger partial charge in [-0.15, -0.1) is 0 Å². The Kier molecular flexibility index (Phi) is 3.44. The van der Waals surface area contributed by atoms with Crippen molar-refractivity contribution < 1.29 is 14.3 Å². The van der Waals surface area contributed by atoms with E-state index in [4.69, 9.17) is 4.74 Å². The van der Waals surface area contributed by atoms with Gasteiger partial charge in [-0.05, 0) is 37.1 Å². The smallest absolute Gasteiger partial charge is 0.254 e. The lowest BCUT2D eigenvalue weighted by molar-refractivity contribution is -0.116. The third-order valence-electron chi connectivity index (χ3n) is 3.78. The quantitative estimate of drug-likeness (QED) is 0.843. The van der Waals surface area contributed by atoms with Crippen LogP contribution in [-0.2, 0) is 16.0 Å². The van der Waals surface area contributed by atoms with Crippen LogP contribution in [0.15, 0.2) is 18.2 Å². The number of carbonyl (C=O) groups is 2. The topological polar surface area (TPSA) is 58.6 Å². The average molecular weight is 274 g/mol. The lowest BCUT2D eigenvalue weighted by Gasteiger charge is -2.31. The van der Waals surface area contributed by atoms with Gasteiger partial charge >= 0.3 is 0 Å². The summed E-state index contributed by atoms with van der Waals surface area (Å²) in [5.41, 5.74) is 2.55. The van der Waals surface area contributed by atoms with Gasteiger partial charge in [0.2, 0.25) is 5.91 Å². The number of anilines is 1. The zero-order chi connectivity index (χ0) is 14.1. The number of hydrogen-bond donors (Lipinski definition) is 1.